The molecule has 1 aromatic heterocycles. The fourth-order valence-corrected chi connectivity index (χ4v) is 1.05. The van der Waals surface area contributed by atoms with Crippen LogP contribution in [0.1, 0.15) is 38.5 Å². The van der Waals surface area contributed by atoms with Gasteiger partial charge in [0.25, 0.3) is 5.95 Å². The first kappa shape index (κ1) is 7.58. The average Bonchev–Trinajstić information content (AvgIpc) is 2.73. The van der Waals surface area contributed by atoms with Gasteiger partial charge in [0.15, 0.2) is 0 Å². The second-order valence-corrected chi connectivity index (χ2v) is 3.53. The molecule has 4 heteroatoms. The third-order valence-electron chi connectivity index (χ3n) is 1.79. The third-order valence-corrected chi connectivity index (χ3v) is 1.79. The zero-order chi connectivity index (χ0) is 8.55. The molecule has 0 aromatic carbocycles. The molecule has 1 heterocycles. The molecule has 0 amide bonds. The van der Waals surface area contributed by atoms with Crippen LogP contribution in [-0.4, -0.2) is 16.2 Å². The molecule has 1 aromatic rings. The van der Waals surface area contributed by atoms with Crippen LogP contribution in [-0.2, 0) is 0 Å². The molecule has 2 rings (SSSR count). The molecule has 4 nitrogen and oxygen atoms in total. The second-order valence-electron chi connectivity index (χ2n) is 3.53. The van der Waals surface area contributed by atoms with Crippen molar-refractivity contribution in [3.8, 4) is 0 Å². The van der Waals surface area contributed by atoms with Crippen molar-refractivity contribution < 1.29 is 4.52 Å². The van der Waals surface area contributed by atoms with E-state index in [-0.39, 0.29) is 0 Å². The van der Waals surface area contributed by atoms with E-state index in [1.807, 2.05) is 13.8 Å². The van der Waals surface area contributed by atoms with E-state index < -0.39 is 0 Å². The summed E-state index contributed by atoms with van der Waals surface area (Å²) in [7, 11) is 0. The van der Waals surface area contributed by atoms with Crippen molar-refractivity contribution in [3.05, 3.63) is 5.89 Å². The van der Waals surface area contributed by atoms with Crippen LogP contribution in [0.2, 0.25) is 0 Å². The minimum atomic E-state index is 0.356. The van der Waals surface area contributed by atoms with Crippen molar-refractivity contribution in [3.63, 3.8) is 0 Å². The van der Waals surface area contributed by atoms with Crippen LogP contribution < -0.4 is 5.32 Å². The first-order valence-corrected chi connectivity index (χ1v) is 4.36. The van der Waals surface area contributed by atoms with Crippen molar-refractivity contribution in [1.29, 1.82) is 0 Å². The van der Waals surface area contributed by atoms with Gasteiger partial charge >= 0.3 is 0 Å². The summed E-state index contributed by atoms with van der Waals surface area (Å²) in [5.41, 5.74) is 0. The maximum atomic E-state index is 5.07. The lowest BCUT2D eigenvalue weighted by molar-refractivity contribution is 0.380. The van der Waals surface area contributed by atoms with Gasteiger partial charge in [0.2, 0.25) is 5.89 Å². The van der Waals surface area contributed by atoms with Crippen molar-refractivity contribution >= 4 is 5.95 Å². The zero-order valence-corrected chi connectivity index (χ0v) is 7.37. The monoisotopic (exact) mass is 167 g/mol. The van der Waals surface area contributed by atoms with Crippen molar-refractivity contribution in [2.24, 2.45) is 0 Å². The highest BCUT2D eigenvalue weighted by Gasteiger charge is 2.29. The molecular weight excluding hydrogens is 154 g/mol. The van der Waals surface area contributed by atoms with Gasteiger partial charge in [0.05, 0.1) is 0 Å². The Morgan fingerprint density at radius 1 is 1.50 bits per heavy atom. The molecule has 1 N–H and O–H groups in total. The van der Waals surface area contributed by atoms with Crippen LogP contribution in [0.4, 0.5) is 5.95 Å². The molecule has 1 saturated carbocycles. The Hall–Kier alpha value is -1.06. The lowest BCUT2D eigenvalue weighted by atomic mass is 10.4. The first-order chi connectivity index (χ1) is 5.75. The maximum Gasteiger partial charge on any atom is 0.263 e. The lowest BCUT2D eigenvalue weighted by Crippen LogP contribution is -2.10. The number of rotatable bonds is 3. The molecule has 0 radical (unpaired) electrons. The van der Waals surface area contributed by atoms with Gasteiger partial charge in [-0.15, -0.1) is 0 Å². The molecule has 1 aliphatic carbocycles. The Morgan fingerprint density at radius 2 is 2.25 bits per heavy atom. The van der Waals surface area contributed by atoms with Crippen LogP contribution in [0, 0.1) is 0 Å². The van der Waals surface area contributed by atoms with E-state index in [0.29, 0.717) is 17.9 Å². The fourth-order valence-electron chi connectivity index (χ4n) is 1.05. The highest BCUT2D eigenvalue weighted by atomic mass is 16.5. The smallest absolute Gasteiger partial charge is 0.263 e. The van der Waals surface area contributed by atoms with Crippen LogP contribution in [0.25, 0.3) is 0 Å². The summed E-state index contributed by atoms with van der Waals surface area (Å²) >= 11 is 0. The predicted molar refractivity (Wildman–Crippen MR) is 45.0 cm³/mol. The van der Waals surface area contributed by atoms with E-state index in [9.17, 15) is 0 Å². The van der Waals surface area contributed by atoms with Crippen LogP contribution >= 0.6 is 0 Å². The summed E-state index contributed by atoms with van der Waals surface area (Å²) in [5, 5.41) is 6.91. The van der Waals surface area contributed by atoms with E-state index in [2.05, 4.69) is 15.5 Å². The molecular formula is C8H13N3O. The number of aromatic nitrogens is 2. The Labute approximate surface area is 71.4 Å². The maximum absolute atomic E-state index is 5.07. The van der Waals surface area contributed by atoms with Gasteiger partial charge in [-0.2, -0.15) is 4.98 Å². The zero-order valence-electron chi connectivity index (χ0n) is 7.37. The molecule has 66 valence electrons. The number of hydrogen-bond acceptors (Lipinski definition) is 4. The van der Waals surface area contributed by atoms with Crippen LogP contribution in [0.15, 0.2) is 4.52 Å². The minimum absolute atomic E-state index is 0.356. The number of hydrogen-bond donors (Lipinski definition) is 1. The summed E-state index contributed by atoms with van der Waals surface area (Å²) in [6.07, 6.45) is 2.40. The summed E-state index contributed by atoms with van der Waals surface area (Å²) in [6.45, 7) is 4.10. The van der Waals surface area contributed by atoms with Gasteiger partial charge in [-0.25, -0.2) is 0 Å². The third kappa shape index (κ3) is 1.57. The molecule has 0 spiro atoms. The van der Waals surface area contributed by atoms with Gasteiger partial charge in [-0.3, -0.25) is 0 Å². The normalized spacial score (nSPS) is 16.9. The molecule has 1 fully saturated rings. The molecule has 0 unspecified atom stereocenters. The van der Waals surface area contributed by atoms with Crippen LogP contribution in [0.3, 0.4) is 0 Å². The van der Waals surface area contributed by atoms with E-state index in [1.54, 1.807) is 0 Å². The fraction of sp³-hybridized carbons (Fsp3) is 0.750. The summed E-state index contributed by atoms with van der Waals surface area (Å²) < 4.78 is 5.07. The minimum Gasteiger partial charge on any atom is -0.349 e. The van der Waals surface area contributed by atoms with E-state index >= 15 is 0 Å². The highest BCUT2D eigenvalue weighted by Crippen LogP contribution is 2.39. The standard InChI is InChI=1S/C8H13N3O/c1-5(2)9-8-10-7(12-11-8)6-3-4-6/h5-6H,3-4H2,1-2H3,(H,9,11). The van der Waals surface area contributed by atoms with Crippen molar-refractivity contribution in [2.45, 2.75) is 38.6 Å². The van der Waals surface area contributed by atoms with Crippen LogP contribution in [0.5, 0.6) is 0 Å². The number of nitrogens with one attached hydrogen (secondary N) is 1. The van der Waals surface area contributed by atoms with Gasteiger partial charge in [0, 0.05) is 12.0 Å². The van der Waals surface area contributed by atoms with Gasteiger partial charge < -0.3 is 9.84 Å². The largest absolute Gasteiger partial charge is 0.349 e. The van der Waals surface area contributed by atoms with Crippen molar-refractivity contribution in [1.82, 2.24) is 10.1 Å². The average molecular weight is 167 g/mol. The second kappa shape index (κ2) is 2.77. The first-order valence-electron chi connectivity index (χ1n) is 4.36. The lowest BCUT2D eigenvalue weighted by Gasteiger charge is -2.01. The molecule has 0 atom stereocenters. The van der Waals surface area contributed by atoms with Gasteiger partial charge in [0.1, 0.15) is 0 Å². The molecule has 0 saturated heterocycles. The van der Waals surface area contributed by atoms with E-state index in [4.69, 9.17) is 4.52 Å². The van der Waals surface area contributed by atoms with Crippen molar-refractivity contribution in [2.75, 3.05) is 5.32 Å². The SMILES string of the molecule is CC(C)Nc1noc(C2CC2)n1. The highest BCUT2D eigenvalue weighted by molar-refractivity contribution is 5.23. The van der Waals surface area contributed by atoms with Gasteiger partial charge in [-0.05, 0) is 31.8 Å². The van der Waals surface area contributed by atoms with Gasteiger partial charge in [-0.1, -0.05) is 0 Å². The Balaban J connectivity index is 2.03. The summed E-state index contributed by atoms with van der Waals surface area (Å²) in [4.78, 5) is 4.22. The molecule has 0 aliphatic heterocycles. The van der Waals surface area contributed by atoms with E-state index in [0.717, 1.165) is 5.89 Å². The summed E-state index contributed by atoms with van der Waals surface area (Å²) in [5.74, 6) is 1.95. The summed E-state index contributed by atoms with van der Waals surface area (Å²) in [6, 6.07) is 0.356. The Bertz CT molecular complexity index is 265. The van der Waals surface area contributed by atoms with E-state index in [1.165, 1.54) is 12.8 Å². The topological polar surface area (TPSA) is 51.0 Å². The predicted octanol–water partition coefficient (Wildman–Crippen LogP) is 1.77. The molecule has 1 aliphatic rings. The Morgan fingerprint density at radius 3 is 2.83 bits per heavy atom. The molecule has 0 bridgehead atoms. The molecule has 12 heavy (non-hydrogen) atoms. The number of anilines is 1. The number of nitrogens with zero attached hydrogens (tertiary/aromatic N) is 2. The quantitative estimate of drug-likeness (QED) is 0.745. The Kier molecular flexibility index (Phi) is 1.75.